The molecule has 8 nitrogen and oxygen atoms in total. The molecular formula is C25H36N6O2. The Morgan fingerprint density at radius 3 is 2.55 bits per heavy atom. The summed E-state index contributed by atoms with van der Waals surface area (Å²) in [6.07, 6.45) is 0.908. The van der Waals surface area contributed by atoms with Crippen LogP contribution in [0.5, 0.6) is 0 Å². The number of fused-ring (bicyclic) bond motifs is 1. The second-order valence-corrected chi connectivity index (χ2v) is 8.97. The van der Waals surface area contributed by atoms with Crippen LogP contribution in [0.2, 0.25) is 0 Å². The number of rotatable bonds is 5. The number of amides is 2. The van der Waals surface area contributed by atoms with Gasteiger partial charge in [0.15, 0.2) is 5.82 Å². The predicted octanol–water partition coefficient (Wildman–Crippen LogP) is 3.84. The van der Waals surface area contributed by atoms with Crippen LogP contribution in [0.3, 0.4) is 0 Å². The van der Waals surface area contributed by atoms with Crippen LogP contribution in [0.1, 0.15) is 51.9 Å². The molecule has 3 heterocycles. The van der Waals surface area contributed by atoms with E-state index in [1.54, 1.807) is 0 Å². The Bertz CT molecular complexity index is 980. The van der Waals surface area contributed by atoms with Crippen LogP contribution in [0.25, 0.3) is 11.4 Å². The molecule has 0 spiro atoms. The maximum atomic E-state index is 11.8. The predicted molar refractivity (Wildman–Crippen MR) is 132 cm³/mol. The van der Waals surface area contributed by atoms with E-state index in [0.29, 0.717) is 25.8 Å². The second-order valence-electron chi connectivity index (χ2n) is 8.97. The average molecular weight is 453 g/mol. The molecule has 33 heavy (non-hydrogen) atoms. The lowest BCUT2D eigenvalue weighted by molar-refractivity contribution is 0.0975. The highest BCUT2D eigenvalue weighted by Crippen LogP contribution is 2.39. The molecular weight excluding hydrogens is 416 g/mol. The van der Waals surface area contributed by atoms with Gasteiger partial charge in [-0.05, 0) is 58.5 Å². The van der Waals surface area contributed by atoms with Gasteiger partial charge in [-0.15, -0.1) is 0 Å². The molecule has 1 aromatic carbocycles. The van der Waals surface area contributed by atoms with Gasteiger partial charge in [0.25, 0.3) is 0 Å². The zero-order chi connectivity index (χ0) is 23.5. The maximum absolute atomic E-state index is 11.8. The van der Waals surface area contributed by atoms with Crippen molar-refractivity contribution in [2.45, 2.75) is 59.2 Å². The number of carbonyl (C=O) groups excluding carboxylic acids is 1. The molecule has 8 heteroatoms. The SMILES string of the molecule is CCNC(=O)Nc1ccc(-c2nc3c(c(N4CCOC[C@@H]4C)n2)C(C)N(CC)C(C)C3)cc1. The molecule has 1 saturated heterocycles. The number of urea groups is 1. The Morgan fingerprint density at radius 2 is 1.88 bits per heavy atom. The molecule has 1 fully saturated rings. The molecule has 1 aromatic heterocycles. The Hall–Kier alpha value is -2.71. The van der Waals surface area contributed by atoms with Gasteiger partial charge in [-0.3, -0.25) is 4.90 Å². The van der Waals surface area contributed by atoms with Gasteiger partial charge in [0.05, 0.1) is 24.9 Å². The average Bonchev–Trinajstić information content (AvgIpc) is 2.79. The van der Waals surface area contributed by atoms with Crippen LogP contribution >= 0.6 is 0 Å². The van der Waals surface area contributed by atoms with E-state index in [0.717, 1.165) is 48.1 Å². The minimum Gasteiger partial charge on any atom is -0.377 e. The Balaban J connectivity index is 1.73. The zero-order valence-corrected chi connectivity index (χ0v) is 20.4. The number of anilines is 2. The molecule has 2 unspecified atom stereocenters. The van der Waals surface area contributed by atoms with Crippen LogP contribution < -0.4 is 15.5 Å². The number of ether oxygens (including phenoxy) is 1. The monoisotopic (exact) mass is 452 g/mol. The summed E-state index contributed by atoms with van der Waals surface area (Å²) >= 11 is 0. The number of morpholine rings is 1. The first-order valence-electron chi connectivity index (χ1n) is 12.1. The molecule has 2 amide bonds. The highest BCUT2D eigenvalue weighted by molar-refractivity contribution is 5.89. The van der Waals surface area contributed by atoms with Crippen molar-refractivity contribution in [1.29, 1.82) is 0 Å². The van der Waals surface area contributed by atoms with Gasteiger partial charge in [-0.2, -0.15) is 0 Å². The standard InChI is InChI=1S/C25H36N6O2/c1-6-26-25(32)27-20-10-8-19(9-11-20)23-28-21-14-16(3)30(7-2)18(5)22(21)24(29-23)31-12-13-33-15-17(31)4/h8-11,16-18H,6-7,12-15H2,1-5H3,(H2,26,27,32)/t16?,17-,18?/m0/s1. The zero-order valence-electron chi connectivity index (χ0n) is 20.4. The summed E-state index contributed by atoms with van der Waals surface area (Å²) in [5.74, 6) is 1.77. The summed E-state index contributed by atoms with van der Waals surface area (Å²) in [7, 11) is 0. The second kappa shape index (κ2) is 10.1. The highest BCUT2D eigenvalue weighted by Gasteiger charge is 2.35. The Morgan fingerprint density at radius 1 is 1.12 bits per heavy atom. The summed E-state index contributed by atoms with van der Waals surface area (Å²) < 4.78 is 5.71. The van der Waals surface area contributed by atoms with E-state index in [-0.39, 0.29) is 18.1 Å². The number of aromatic nitrogens is 2. The normalized spacial score (nSPS) is 23.2. The smallest absolute Gasteiger partial charge is 0.319 e. The lowest BCUT2D eigenvalue weighted by Crippen LogP contribution is -2.47. The molecule has 4 rings (SSSR count). The summed E-state index contributed by atoms with van der Waals surface area (Å²) in [6.45, 7) is 14.7. The van der Waals surface area contributed by atoms with Gasteiger partial charge < -0.3 is 20.3 Å². The summed E-state index contributed by atoms with van der Waals surface area (Å²) in [5, 5.41) is 5.59. The van der Waals surface area contributed by atoms with Crippen molar-refractivity contribution < 1.29 is 9.53 Å². The Labute approximate surface area is 196 Å². The van der Waals surface area contributed by atoms with Gasteiger partial charge in [-0.1, -0.05) is 6.92 Å². The van der Waals surface area contributed by atoms with Gasteiger partial charge in [-0.25, -0.2) is 14.8 Å². The first kappa shape index (κ1) is 23.4. The quantitative estimate of drug-likeness (QED) is 0.717. The van der Waals surface area contributed by atoms with Gasteiger partial charge >= 0.3 is 6.03 Å². The van der Waals surface area contributed by atoms with Crippen LogP contribution in [-0.2, 0) is 11.2 Å². The summed E-state index contributed by atoms with van der Waals surface area (Å²) in [6, 6.07) is 8.49. The van der Waals surface area contributed by atoms with E-state index in [2.05, 4.69) is 48.1 Å². The molecule has 3 atom stereocenters. The number of nitrogens with zero attached hydrogens (tertiary/aromatic N) is 4. The van der Waals surface area contributed by atoms with E-state index in [9.17, 15) is 4.79 Å². The van der Waals surface area contributed by atoms with E-state index in [1.807, 2.05) is 31.2 Å². The maximum Gasteiger partial charge on any atom is 0.319 e. The molecule has 0 radical (unpaired) electrons. The number of hydrogen-bond acceptors (Lipinski definition) is 6. The van der Waals surface area contributed by atoms with E-state index in [4.69, 9.17) is 14.7 Å². The molecule has 178 valence electrons. The molecule has 0 aliphatic carbocycles. The minimum absolute atomic E-state index is 0.206. The lowest BCUT2D eigenvalue weighted by Gasteiger charge is -2.43. The van der Waals surface area contributed by atoms with Gasteiger partial charge in [0.1, 0.15) is 5.82 Å². The van der Waals surface area contributed by atoms with Gasteiger partial charge in [0.2, 0.25) is 0 Å². The van der Waals surface area contributed by atoms with Crippen molar-refractivity contribution in [1.82, 2.24) is 20.2 Å². The fourth-order valence-corrected chi connectivity index (χ4v) is 5.04. The third-order valence-electron chi connectivity index (χ3n) is 6.72. The third kappa shape index (κ3) is 4.82. The number of likely N-dealkylation sites (N-methyl/N-ethyl adjacent to an activating group) is 1. The molecule has 2 aromatic rings. The van der Waals surface area contributed by atoms with Gasteiger partial charge in [0, 0.05) is 48.4 Å². The number of nitrogens with one attached hydrogen (secondary N) is 2. The number of carbonyl (C=O) groups is 1. The van der Waals surface area contributed by atoms with Crippen LogP contribution in [0.15, 0.2) is 24.3 Å². The van der Waals surface area contributed by atoms with Crippen LogP contribution in [0, 0.1) is 0 Å². The summed E-state index contributed by atoms with van der Waals surface area (Å²) in [4.78, 5) is 26.9. The lowest BCUT2D eigenvalue weighted by atomic mass is 9.92. The van der Waals surface area contributed by atoms with Crippen molar-refractivity contribution in [3.63, 3.8) is 0 Å². The van der Waals surface area contributed by atoms with Crippen molar-refractivity contribution in [3.05, 3.63) is 35.5 Å². The fraction of sp³-hybridized carbons (Fsp3) is 0.560. The third-order valence-corrected chi connectivity index (χ3v) is 6.72. The number of hydrogen-bond donors (Lipinski definition) is 2. The molecule has 2 aliphatic heterocycles. The van der Waals surface area contributed by atoms with Crippen molar-refractivity contribution in [2.24, 2.45) is 0 Å². The first-order chi connectivity index (χ1) is 15.9. The van der Waals surface area contributed by atoms with Crippen molar-refractivity contribution in [3.8, 4) is 11.4 Å². The summed E-state index contributed by atoms with van der Waals surface area (Å²) in [5.41, 5.74) is 4.08. The van der Waals surface area contributed by atoms with E-state index >= 15 is 0 Å². The topological polar surface area (TPSA) is 82.6 Å². The van der Waals surface area contributed by atoms with Crippen LogP contribution in [0.4, 0.5) is 16.3 Å². The van der Waals surface area contributed by atoms with Crippen molar-refractivity contribution >= 4 is 17.5 Å². The molecule has 2 aliphatic rings. The highest BCUT2D eigenvalue weighted by atomic mass is 16.5. The van der Waals surface area contributed by atoms with Crippen LogP contribution in [-0.4, -0.2) is 65.8 Å². The van der Waals surface area contributed by atoms with Crippen molar-refractivity contribution in [2.75, 3.05) is 43.1 Å². The molecule has 0 bridgehead atoms. The molecule has 0 saturated carbocycles. The minimum atomic E-state index is -0.206. The Kier molecular flexibility index (Phi) is 7.14. The van der Waals surface area contributed by atoms with E-state index in [1.165, 1.54) is 5.56 Å². The number of benzene rings is 1. The fourth-order valence-electron chi connectivity index (χ4n) is 5.04. The first-order valence-corrected chi connectivity index (χ1v) is 12.1. The largest absolute Gasteiger partial charge is 0.377 e. The molecule has 2 N–H and O–H groups in total. The van der Waals surface area contributed by atoms with E-state index < -0.39 is 0 Å².